The van der Waals surface area contributed by atoms with Crippen LogP contribution in [0.15, 0.2) is 18.2 Å². The molecule has 88 valence electrons. The molecule has 1 aliphatic rings. The molecule has 0 saturated carbocycles. The zero-order valence-corrected chi connectivity index (χ0v) is 10.0. The Morgan fingerprint density at radius 3 is 3.12 bits per heavy atom. The topological polar surface area (TPSA) is 35.2 Å². The van der Waals surface area contributed by atoms with E-state index in [1.165, 1.54) is 24.0 Å². The first-order valence-electron chi connectivity index (χ1n) is 6.32. The standard InChI is InChI=1S/C14H21NO/c1-2-3-9-16-12-7-8-13-11(10-12)5-4-6-14(13)15/h7-8,10,14H,2-6,9,15H2,1H3. The first-order chi connectivity index (χ1) is 7.81. The van der Waals surface area contributed by atoms with Crippen molar-refractivity contribution < 1.29 is 4.74 Å². The highest BCUT2D eigenvalue weighted by molar-refractivity contribution is 5.38. The molecule has 2 nitrogen and oxygen atoms in total. The first kappa shape index (κ1) is 11.5. The van der Waals surface area contributed by atoms with Gasteiger partial charge < -0.3 is 10.5 Å². The number of hydrogen-bond donors (Lipinski definition) is 1. The predicted molar refractivity (Wildman–Crippen MR) is 66.7 cm³/mol. The van der Waals surface area contributed by atoms with Gasteiger partial charge in [-0.2, -0.15) is 0 Å². The fourth-order valence-corrected chi connectivity index (χ4v) is 2.25. The number of rotatable bonds is 4. The molecule has 0 spiro atoms. The van der Waals surface area contributed by atoms with Gasteiger partial charge in [0.1, 0.15) is 5.75 Å². The number of fused-ring (bicyclic) bond motifs is 1. The van der Waals surface area contributed by atoms with E-state index in [1.54, 1.807) is 0 Å². The molecule has 0 bridgehead atoms. The minimum absolute atomic E-state index is 0.230. The van der Waals surface area contributed by atoms with Crippen LogP contribution in [-0.2, 0) is 6.42 Å². The van der Waals surface area contributed by atoms with E-state index in [0.717, 1.165) is 31.6 Å². The van der Waals surface area contributed by atoms with Crippen molar-refractivity contribution in [2.45, 2.75) is 45.1 Å². The molecule has 0 aromatic heterocycles. The van der Waals surface area contributed by atoms with E-state index in [9.17, 15) is 0 Å². The van der Waals surface area contributed by atoms with E-state index in [-0.39, 0.29) is 6.04 Å². The monoisotopic (exact) mass is 219 g/mol. The number of hydrogen-bond acceptors (Lipinski definition) is 2. The fourth-order valence-electron chi connectivity index (χ4n) is 2.25. The van der Waals surface area contributed by atoms with E-state index in [4.69, 9.17) is 10.5 Å². The van der Waals surface area contributed by atoms with Gasteiger partial charge in [-0.1, -0.05) is 19.4 Å². The molecule has 0 fully saturated rings. The van der Waals surface area contributed by atoms with Gasteiger partial charge in [0.15, 0.2) is 0 Å². The lowest BCUT2D eigenvalue weighted by Gasteiger charge is -2.22. The van der Waals surface area contributed by atoms with Crippen LogP contribution in [0.2, 0.25) is 0 Å². The third-order valence-electron chi connectivity index (χ3n) is 3.24. The Labute approximate surface area is 97.8 Å². The molecule has 0 aliphatic heterocycles. The second-order valence-corrected chi connectivity index (χ2v) is 4.56. The second kappa shape index (κ2) is 5.35. The van der Waals surface area contributed by atoms with Gasteiger partial charge in [-0.15, -0.1) is 0 Å². The molecule has 1 aromatic carbocycles. The zero-order valence-electron chi connectivity index (χ0n) is 10.0. The summed E-state index contributed by atoms with van der Waals surface area (Å²) in [6.45, 7) is 3.00. The average Bonchev–Trinajstić information content (AvgIpc) is 2.30. The quantitative estimate of drug-likeness (QED) is 0.789. The van der Waals surface area contributed by atoms with Crippen LogP contribution in [0.4, 0.5) is 0 Å². The molecule has 1 unspecified atom stereocenters. The summed E-state index contributed by atoms with van der Waals surface area (Å²) in [5.74, 6) is 1.00. The molecule has 1 atom stereocenters. The molecule has 16 heavy (non-hydrogen) atoms. The molecular weight excluding hydrogens is 198 g/mol. The smallest absolute Gasteiger partial charge is 0.119 e. The first-order valence-corrected chi connectivity index (χ1v) is 6.32. The van der Waals surface area contributed by atoms with Gasteiger partial charge >= 0.3 is 0 Å². The highest BCUT2D eigenvalue weighted by Crippen LogP contribution is 2.30. The lowest BCUT2D eigenvalue weighted by Crippen LogP contribution is -2.17. The van der Waals surface area contributed by atoms with E-state index in [1.807, 2.05) is 0 Å². The van der Waals surface area contributed by atoms with E-state index in [2.05, 4.69) is 25.1 Å². The zero-order chi connectivity index (χ0) is 11.4. The Hall–Kier alpha value is -1.02. The Morgan fingerprint density at radius 2 is 2.31 bits per heavy atom. The third-order valence-corrected chi connectivity index (χ3v) is 3.24. The van der Waals surface area contributed by atoms with Crippen molar-refractivity contribution in [3.05, 3.63) is 29.3 Å². The summed E-state index contributed by atoms with van der Waals surface area (Å²) >= 11 is 0. The molecule has 0 amide bonds. The van der Waals surface area contributed by atoms with Gasteiger partial charge in [-0.05, 0) is 48.9 Å². The van der Waals surface area contributed by atoms with Crippen LogP contribution in [0.5, 0.6) is 5.75 Å². The SMILES string of the molecule is CCCCOc1ccc2c(c1)CCCC2N. The molecular formula is C14H21NO. The number of unbranched alkanes of at least 4 members (excludes halogenated alkanes) is 1. The van der Waals surface area contributed by atoms with E-state index < -0.39 is 0 Å². The van der Waals surface area contributed by atoms with Crippen LogP contribution in [-0.4, -0.2) is 6.61 Å². The Kier molecular flexibility index (Phi) is 3.83. The van der Waals surface area contributed by atoms with Crippen molar-refractivity contribution in [1.82, 2.24) is 0 Å². The normalized spacial score (nSPS) is 19.2. The Morgan fingerprint density at radius 1 is 1.44 bits per heavy atom. The highest BCUT2D eigenvalue weighted by atomic mass is 16.5. The summed E-state index contributed by atoms with van der Waals surface area (Å²) in [7, 11) is 0. The number of ether oxygens (including phenoxy) is 1. The maximum atomic E-state index is 6.08. The van der Waals surface area contributed by atoms with Gasteiger partial charge in [0, 0.05) is 6.04 Å². The van der Waals surface area contributed by atoms with Gasteiger partial charge in [-0.25, -0.2) is 0 Å². The number of nitrogens with two attached hydrogens (primary N) is 1. The largest absolute Gasteiger partial charge is 0.494 e. The molecule has 2 N–H and O–H groups in total. The second-order valence-electron chi connectivity index (χ2n) is 4.56. The summed E-state index contributed by atoms with van der Waals surface area (Å²) in [6.07, 6.45) is 5.76. The van der Waals surface area contributed by atoms with Crippen molar-refractivity contribution in [3.63, 3.8) is 0 Å². The summed E-state index contributed by atoms with van der Waals surface area (Å²) in [6, 6.07) is 6.60. The number of benzene rings is 1. The Bertz CT molecular complexity index is 349. The molecule has 0 radical (unpaired) electrons. The summed E-state index contributed by atoms with van der Waals surface area (Å²) in [4.78, 5) is 0. The highest BCUT2D eigenvalue weighted by Gasteiger charge is 2.16. The summed E-state index contributed by atoms with van der Waals surface area (Å²) < 4.78 is 5.71. The number of aryl methyl sites for hydroxylation is 1. The fraction of sp³-hybridized carbons (Fsp3) is 0.571. The average molecular weight is 219 g/mol. The van der Waals surface area contributed by atoms with Crippen LogP contribution in [0.3, 0.4) is 0 Å². The van der Waals surface area contributed by atoms with Crippen LogP contribution in [0, 0.1) is 0 Å². The molecule has 2 heteroatoms. The van der Waals surface area contributed by atoms with Crippen LogP contribution < -0.4 is 10.5 Å². The molecule has 2 rings (SSSR count). The molecule has 0 saturated heterocycles. The van der Waals surface area contributed by atoms with Crippen molar-refractivity contribution in [3.8, 4) is 5.75 Å². The molecule has 1 aliphatic carbocycles. The maximum absolute atomic E-state index is 6.08. The van der Waals surface area contributed by atoms with Crippen molar-refractivity contribution in [1.29, 1.82) is 0 Å². The van der Waals surface area contributed by atoms with Crippen LogP contribution in [0.25, 0.3) is 0 Å². The molecule has 1 aromatic rings. The summed E-state index contributed by atoms with van der Waals surface area (Å²) in [5, 5.41) is 0. The van der Waals surface area contributed by atoms with Crippen LogP contribution >= 0.6 is 0 Å². The van der Waals surface area contributed by atoms with Gasteiger partial charge in [0.25, 0.3) is 0 Å². The minimum atomic E-state index is 0.230. The van der Waals surface area contributed by atoms with Crippen molar-refractivity contribution in [2.75, 3.05) is 6.61 Å². The Balaban J connectivity index is 2.06. The third kappa shape index (κ3) is 2.56. The maximum Gasteiger partial charge on any atom is 0.119 e. The van der Waals surface area contributed by atoms with E-state index in [0.29, 0.717) is 0 Å². The van der Waals surface area contributed by atoms with Crippen molar-refractivity contribution in [2.24, 2.45) is 5.73 Å². The van der Waals surface area contributed by atoms with E-state index >= 15 is 0 Å². The predicted octanol–water partition coefficient (Wildman–Crippen LogP) is 3.20. The lowest BCUT2D eigenvalue weighted by atomic mass is 9.88. The summed E-state index contributed by atoms with van der Waals surface area (Å²) in [5.41, 5.74) is 8.77. The lowest BCUT2D eigenvalue weighted by molar-refractivity contribution is 0.308. The van der Waals surface area contributed by atoms with Gasteiger partial charge in [0.2, 0.25) is 0 Å². The minimum Gasteiger partial charge on any atom is -0.494 e. The van der Waals surface area contributed by atoms with Crippen LogP contribution in [0.1, 0.15) is 49.8 Å². The van der Waals surface area contributed by atoms with Gasteiger partial charge in [0.05, 0.1) is 6.61 Å². The van der Waals surface area contributed by atoms with Crippen molar-refractivity contribution >= 4 is 0 Å². The van der Waals surface area contributed by atoms with Gasteiger partial charge in [-0.3, -0.25) is 0 Å². The molecule has 0 heterocycles.